The first-order chi connectivity index (χ1) is 9.11. The summed E-state index contributed by atoms with van der Waals surface area (Å²) in [6.07, 6.45) is 0.847. The Hall–Kier alpha value is -2.36. The smallest absolute Gasteiger partial charge is 0.215 e. The van der Waals surface area contributed by atoms with Gasteiger partial charge in [-0.05, 0) is 44.2 Å². The fraction of sp³-hybridized carbons (Fsp3) is 0.200. The van der Waals surface area contributed by atoms with Crippen molar-refractivity contribution in [1.29, 1.82) is 0 Å². The maximum atomic E-state index is 10.8. The highest BCUT2D eigenvalue weighted by Crippen LogP contribution is 2.21. The van der Waals surface area contributed by atoms with E-state index in [1.807, 2.05) is 29.8 Å². The summed E-state index contributed by atoms with van der Waals surface area (Å²) in [5, 5.41) is 0. The van der Waals surface area contributed by atoms with E-state index in [1.165, 1.54) is 0 Å². The van der Waals surface area contributed by atoms with Crippen molar-refractivity contribution in [1.82, 2.24) is 14.1 Å². The molecule has 0 aliphatic rings. The average molecular weight is 253 g/mol. The summed E-state index contributed by atoms with van der Waals surface area (Å²) in [5.74, 6) is 0.873. The molecule has 2 heterocycles. The normalized spacial score (nSPS) is 11.1. The van der Waals surface area contributed by atoms with E-state index in [1.54, 1.807) is 0 Å². The third kappa shape index (κ3) is 1.68. The average Bonchev–Trinajstić information content (AvgIpc) is 2.90. The van der Waals surface area contributed by atoms with Crippen molar-refractivity contribution in [2.24, 2.45) is 7.05 Å². The van der Waals surface area contributed by atoms with Crippen molar-refractivity contribution < 1.29 is 4.79 Å². The van der Waals surface area contributed by atoms with Gasteiger partial charge in [0.05, 0.1) is 11.0 Å². The highest BCUT2D eigenvalue weighted by atomic mass is 16.1. The zero-order valence-corrected chi connectivity index (χ0v) is 11.2. The summed E-state index contributed by atoms with van der Waals surface area (Å²) >= 11 is 0. The Bertz CT molecular complexity index is 761. The van der Waals surface area contributed by atoms with Gasteiger partial charge >= 0.3 is 0 Å². The minimum Gasteiger partial charge on any atom is -0.313 e. The number of benzene rings is 1. The molecule has 2 aromatic heterocycles. The lowest BCUT2D eigenvalue weighted by atomic mass is 10.2. The first kappa shape index (κ1) is 11.7. The van der Waals surface area contributed by atoms with Crippen LogP contribution in [0.5, 0.6) is 0 Å². The van der Waals surface area contributed by atoms with Crippen molar-refractivity contribution in [3.8, 4) is 5.95 Å². The molecular formula is C15H15N3O. The van der Waals surface area contributed by atoms with Gasteiger partial charge in [-0.15, -0.1) is 0 Å². The van der Waals surface area contributed by atoms with Crippen LogP contribution in [0.1, 0.15) is 21.7 Å². The molecule has 0 aliphatic heterocycles. The number of aldehydes is 1. The van der Waals surface area contributed by atoms with Crippen LogP contribution in [0.15, 0.2) is 30.3 Å². The van der Waals surface area contributed by atoms with E-state index >= 15 is 0 Å². The molecule has 0 atom stereocenters. The highest BCUT2D eigenvalue weighted by molar-refractivity contribution is 5.85. The Morgan fingerprint density at radius 2 is 1.79 bits per heavy atom. The lowest BCUT2D eigenvalue weighted by Crippen LogP contribution is -2.06. The van der Waals surface area contributed by atoms with Crippen LogP contribution in [0.2, 0.25) is 0 Å². The lowest BCUT2D eigenvalue weighted by Gasteiger charge is -2.08. The van der Waals surface area contributed by atoms with Gasteiger partial charge in [0.25, 0.3) is 0 Å². The van der Waals surface area contributed by atoms with Crippen molar-refractivity contribution >= 4 is 17.3 Å². The van der Waals surface area contributed by atoms with E-state index < -0.39 is 0 Å². The van der Waals surface area contributed by atoms with Crippen LogP contribution in [0.4, 0.5) is 0 Å². The lowest BCUT2D eigenvalue weighted by molar-refractivity contribution is 0.112. The van der Waals surface area contributed by atoms with Crippen LogP contribution in [0, 0.1) is 13.8 Å². The highest BCUT2D eigenvalue weighted by Gasteiger charge is 2.12. The second-order valence-corrected chi connectivity index (χ2v) is 4.79. The molecule has 3 rings (SSSR count). The van der Waals surface area contributed by atoms with Crippen molar-refractivity contribution in [3.05, 3.63) is 47.3 Å². The maximum Gasteiger partial charge on any atom is 0.215 e. The Labute approximate surface area is 111 Å². The number of aryl methyl sites for hydroxylation is 3. The van der Waals surface area contributed by atoms with Gasteiger partial charge < -0.3 is 4.57 Å². The van der Waals surface area contributed by atoms with Crippen molar-refractivity contribution in [2.45, 2.75) is 13.8 Å². The summed E-state index contributed by atoms with van der Waals surface area (Å²) in [6, 6.07) is 9.72. The van der Waals surface area contributed by atoms with Crippen LogP contribution < -0.4 is 0 Å². The van der Waals surface area contributed by atoms with Gasteiger partial charge in [-0.1, -0.05) is 0 Å². The zero-order chi connectivity index (χ0) is 13.6. The molecule has 0 amide bonds. The predicted molar refractivity (Wildman–Crippen MR) is 74.9 cm³/mol. The summed E-state index contributed by atoms with van der Waals surface area (Å²) < 4.78 is 4.16. The molecule has 0 saturated heterocycles. The number of carbonyl (C=O) groups excluding carboxylic acids is 1. The maximum absolute atomic E-state index is 10.8. The molecule has 0 saturated carbocycles. The second kappa shape index (κ2) is 4.09. The SMILES string of the molecule is Cc1ccc(C)n1-c1nc2cc(C=O)ccc2n1C. The van der Waals surface area contributed by atoms with Crippen molar-refractivity contribution in [2.75, 3.05) is 0 Å². The molecule has 0 spiro atoms. The molecule has 0 radical (unpaired) electrons. The van der Waals surface area contributed by atoms with Gasteiger partial charge in [0.2, 0.25) is 5.95 Å². The molecule has 0 fully saturated rings. The largest absolute Gasteiger partial charge is 0.313 e. The molecule has 4 nitrogen and oxygen atoms in total. The molecule has 0 unspecified atom stereocenters. The molecule has 0 N–H and O–H groups in total. The summed E-state index contributed by atoms with van der Waals surface area (Å²) in [6.45, 7) is 4.12. The van der Waals surface area contributed by atoms with E-state index in [0.29, 0.717) is 5.56 Å². The van der Waals surface area contributed by atoms with E-state index in [0.717, 1.165) is 34.7 Å². The van der Waals surface area contributed by atoms with E-state index in [9.17, 15) is 4.79 Å². The van der Waals surface area contributed by atoms with Crippen molar-refractivity contribution in [3.63, 3.8) is 0 Å². The number of rotatable bonds is 2. The Morgan fingerprint density at radius 3 is 2.42 bits per heavy atom. The molecule has 3 aromatic rings. The van der Waals surface area contributed by atoms with Crippen LogP contribution in [0.25, 0.3) is 17.0 Å². The Kier molecular flexibility index (Phi) is 2.52. The molecular weight excluding hydrogens is 238 g/mol. The number of imidazole rings is 1. The predicted octanol–water partition coefficient (Wildman–Crippen LogP) is 2.79. The standard InChI is InChI=1S/C15H15N3O/c1-10-4-5-11(2)18(10)15-16-13-8-12(9-19)6-7-14(13)17(15)3/h4-9H,1-3H3. The van der Waals surface area contributed by atoms with Crippen LogP contribution in [-0.2, 0) is 7.05 Å². The quantitative estimate of drug-likeness (QED) is 0.659. The van der Waals surface area contributed by atoms with Gasteiger partial charge in [-0.2, -0.15) is 0 Å². The first-order valence-corrected chi connectivity index (χ1v) is 6.19. The number of carbonyl (C=O) groups is 1. The number of nitrogens with zero attached hydrogens (tertiary/aromatic N) is 3. The number of hydrogen-bond donors (Lipinski definition) is 0. The monoisotopic (exact) mass is 253 g/mol. The summed E-state index contributed by atoms with van der Waals surface area (Å²) in [5.41, 5.74) is 4.80. The van der Waals surface area contributed by atoms with E-state index in [-0.39, 0.29) is 0 Å². The zero-order valence-electron chi connectivity index (χ0n) is 11.2. The molecule has 1 aromatic carbocycles. The minimum atomic E-state index is 0.651. The van der Waals surface area contributed by atoms with Crippen LogP contribution in [0.3, 0.4) is 0 Å². The van der Waals surface area contributed by atoms with Gasteiger partial charge in [-0.3, -0.25) is 9.36 Å². The fourth-order valence-corrected chi connectivity index (χ4v) is 2.46. The Balaban J connectivity index is 2.31. The molecule has 0 aliphatic carbocycles. The number of aromatic nitrogens is 3. The van der Waals surface area contributed by atoms with Crippen LogP contribution in [-0.4, -0.2) is 20.4 Å². The summed E-state index contributed by atoms with van der Waals surface area (Å²) in [7, 11) is 1.99. The second-order valence-electron chi connectivity index (χ2n) is 4.79. The summed E-state index contributed by atoms with van der Waals surface area (Å²) in [4.78, 5) is 15.5. The minimum absolute atomic E-state index is 0.651. The van der Waals surface area contributed by atoms with Gasteiger partial charge in [0.15, 0.2) is 0 Å². The molecule has 96 valence electrons. The third-order valence-electron chi connectivity index (χ3n) is 3.49. The fourth-order valence-electron chi connectivity index (χ4n) is 2.46. The topological polar surface area (TPSA) is 39.8 Å². The molecule has 0 bridgehead atoms. The third-order valence-corrected chi connectivity index (χ3v) is 3.49. The Morgan fingerprint density at radius 1 is 1.11 bits per heavy atom. The van der Waals surface area contributed by atoms with Gasteiger partial charge in [0.1, 0.15) is 6.29 Å². The number of hydrogen-bond acceptors (Lipinski definition) is 2. The van der Waals surface area contributed by atoms with Gasteiger partial charge in [-0.25, -0.2) is 4.98 Å². The van der Waals surface area contributed by atoms with E-state index in [4.69, 9.17) is 0 Å². The van der Waals surface area contributed by atoms with Gasteiger partial charge in [0, 0.05) is 24.0 Å². The number of fused-ring (bicyclic) bond motifs is 1. The first-order valence-electron chi connectivity index (χ1n) is 6.19. The molecule has 4 heteroatoms. The van der Waals surface area contributed by atoms with E-state index in [2.05, 4.69) is 35.5 Å². The van der Waals surface area contributed by atoms with Crippen LogP contribution >= 0.6 is 0 Å². The molecule has 19 heavy (non-hydrogen) atoms.